The Kier molecular flexibility index (Phi) is 6.43. The molecular formula is C21H22N2O5S. The van der Waals surface area contributed by atoms with E-state index in [-0.39, 0.29) is 11.3 Å². The first-order valence-corrected chi connectivity index (χ1v) is 9.90. The summed E-state index contributed by atoms with van der Waals surface area (Å²) < 4.78 is 16.8. The normalized spacial score (nSPS) is 10.8. The number of nitrogens with zero attached hydrogens (tertiary/aromatic N) is 2. The van der Waals surface area contributed by atoms with Gasteiger partial charge in [-0.3, -0.25) is 9.36 Å². The van der Waals surface area contributed by atoms with Crippen LogP contribution in [0, 0.1) is 6.92 Å². The van der Waals surface area contributed by atoms with Gasteiger partial charge in [0, 0.05) is 24.7 Å². The molecule has 0 saturated carbocycles. The van der Waals surface area contributed by atoms with Gasteiger partial charge in [-0.1, -0.05) is 23.9 Å². The molecule has 0 spiro atoms. The molecule has 2 aromatic heterocycles. The molecular weight excluding hydrogens is 392 g/mol. The number of hydrogen-bond acceptors (Lipinski definition) is 7. The van der Waals surface area contributed by atoms with Crippen LogP contribution in [0.3, 0.4) is 0 Å². The summed E-state index contributed by atoms with van der Waals surface area (Å²) in [7, 11) is 4.63. The smallest absolute Gasteiger partial charge is 0.373 e. The number of aromatic nitrogens is 2. The van der Waals surface area contributed by atoms with Crippen molar-refractivity contribution >= 4 is 17.7 Å². The van der Waals surface area contributed by atoms with Crippen LogP contribution < -0.4 is 10.3 Å². The van der Waals surface area contributed by atoms with Gasteiger partial charge in [-0.25, -0.2) is 9.78 Å². The minimum Gasteiger partial charge on any atom is -0.497 e. The number of thioether (sulfide) groups is 1. The number of methoxy groups -OCH3 is 2. The number of esters is 1. The fraction of sp³-hybridized carbons (Fsp3) is 0.286. The van der Waals surface area contributed by atoms with Crippen molar-refractivity contribution in [3.8, 4) is 5.75 Å². The first-order chi connectivity index (χ1) is 13.9. The average Bonchev–Trinajstić information content (AvgIpc) is 3.21. The van der Waals surface area contributed by atoms with Gasteiger partial charge >= 0.3 is 5.97 Å². The van der Waals surface area contributed by atoms with E-state index in [1.165, 1.54) is 18.9 Å². The van der Waals surface area contributed by atoms with Crippen LogP contribution >= 0.6 is 11.8 Å². The maximum Gasteiger partial charge on any atom is 0.373 e. The van der Waals surface area contributed by atoms with E-state index in [4.69, 9.17) is 9.15 Å². The zero-order valence-corrected chi connectivity index (χ0v) is 17.5. The highest BCUT2D eigenvalue weighted by molar-refractivity contribution is 7.98. The molecule has 0 aliphatic rings. The number of ether oxygens (including phenoxy) is 2. The Morgan fingerprint density at radius 1 is 1.17 bits per heavy atom. The van der Waals surface area contributed by atoms with Gasteiger partial charge in [0.15, 0.2) is 5.16 Å². The summed E-state index contributed by atoms with van der Waals surface area (Å²) in [6.45, 7) is 1.84. The molecule has 0 fully saturated rings. The quantitative estimate of drug-likeness (QED) is 0.333. The van der Waals surface area contributed by atoms with Gasteiger partial charge in [-0.15, -0.1) is 0 Å². The van der Waals surface area contributed by atoms with Crippen LogP contribution in [0.15, 0.2) is 50.8 Å². The molecule has 1 aromatic carbocycles. The first kappa shape index (κ1) is 20.7. The highest BCUT2D eigenvalue weighted by atomic mass is 32.2. The second-order valence-corrected chi connectivity index (χ2v) is 7.34. The fourth-order valence-corrected chi connectivity index (χ4v) is 3.72. The lowest BCUT2D eigenvalue weighted by atomic mass is 10.1. The third-order valence-electron chi connectivity index (χ3n) is 4.48. The Morgan fingerprint density at radius 3 is 2.55 bits per heavy atom. The molecule has 2 heterocycles. The summed E-state index contributed by atoms with van der Waals surface area (Å²) in [6, 6.07) is 10.9. The lowest BCUT2D eigenvalue weighted by Gasteiger charge is -2.12. The highest BCUT2D eigenvalue weighted by Crippen LogP contribution is 2.23. The van der Waals surface area contributed by atoms with Gasteiger partial charge < -0.3 is 13.9 Å². The van der Waals surface area contributed by atoms with Crippen molar-refractivity contribution in [3.05, 3.63) is 75.1 Å². The predicted molar refractivity (Wildman–Crippen MR) is 110 cm³/mol. The summed E-state index contributed by atoms with van der Waals surface area (Å²) in [5, 5.41) is 0.585. The number of carbonyl (C=O) groups is 1. The molecule has 0 saturated heterocycles. The molecule has 0 aliphatic heterocycles. The summed E-state index contributed by atoms with van der Waals surface area (Å²) in [4.78, 5) is 29.0. The molecule has 7 nitrogen and oxygen atoms in total. The summed E-state index contributed by atoms with van der Waals surface area (Å²) in [5.74, 6) is 1.44. The SMILES string of the molecule is COC(=O)c1ccc(CSc2nc(C)c(Cc3ccc(OC)cc3)c(=O)n2C)o1. The van der Waals surface area contributed by atoms with Crippen LogP contribution in [0.25, 0.3) is 0 Å². The zero-order valence-electron chi connectivity index (χ0n) is 16.7. The maximum atomic E-state index is 12.9. The fourth-order valence-electron chi connectivity index (χ4n) is 2.81. The zero-order chi connectivity index (χ0) is 21.0. The van der Waals surface area contributed by atoms with E-state index in [0.717, 1.165) is 11.3 Å². The summed E-state index contributed by atoms with van der Waals surface area (Å²) in [5.41, 5.74) is 2.29. The van der Waals surface area contributed by atoms with Crippen LogP contribution in [-0.4, -0.2) is 29.7 Å². The first-order valence-electron chi connectivity index (χ1n) is 8.92. The van der Waals surface area contributed by atoms with E-state index in [0.29, 0.717) is 34.3 Å². The molecule has 29 heavy (non-hydrogen) atoms. The Balaban J connectivity index is 1.76. The molecule has 0 atom stereocenters. The van der Waals surface area contributed by atoms with Crippen LogP contribution in [0.4, 0.5) is 0 Å². The molecule has 0 unspecified atom stereocenters. The number of hydrogen-bond donors (Lipinski definition) is 0. The van der Waals surface area contributed by atoms with Gasteiger partial charge in [0.25, 0.3) is 5.56 Å². The van der Waals surface area contributed by atoms with Gasteiger partial charge in [0.2, 0.25) is 5.76 Å². The lowest BCUT2D eigenvalue weighted by Crippen LogP contribution is -2.25. The molecule has 0 aliphatic carbocycles. The maximum absolute atomic E-state index is 12.9. The second-order valence-electron chi connectivity index (χ2n) is 6.39. The molecule has 152 valence electrons. The number of furan rings is 1. The lowest BCUT2D eigenvalue weighted by molar-refractivity contribution is 0.0563. The Bertz CT molecular complexity index is 1070. The molecule has 0 amide bonds. The average molecular weight is 414 g/mol. The Hall–Kier alpha value is -3.00. The van der Waals surface area contributed by atoms with Gasteiger partial charge in [0.1, 0.15) is 11.5 Å². The van der Waals surface area contributed by atoms with Crippen molar-refractivity contribution in [3.63, 3.8) is 0 Å². The third kappa shape index (κ3) is 4.71. The van der Waals surface area contributed by atoms with Crippen LogP contribution in [0.1, 0.15) is 33.1 Å². The number of benzene rings is 1. The van der Waals surface area contributed by atoms with Crippen molar-refractivity contribution in [2.75, 3.05) is 14.2 Å². The van der Waals surface area contributed by atoms with E-state index in [9.17, 15) is 9.59 Å². The van der Waals surface area contributed by atoms with Crippen LogP contribution in [0.2, 0.25) is 0 Å². The standard InChI is InChI=1S/C21H22N2O5S/c1-13-17(11-14-5-7-15(26-3)8-6-14)19(24)23(2)21(22-13)29-12-16-9-10-18(28-16)20(25)27-4/h5-10H,11-12H2,1-4H3. The van der Waals surface area contributed by atoms with E-state index < -0.39 is 5.97 Å². The summed E-state index contributed by atoms with van der Waals surface area (Å²) in [6.07, 6.45) is 0.501. The topological polar surface area (TPSA) is 83.6 Å². The number of rotatable bonds is 7. The monoisotopic (exact) mass is 414 g/mol. The van der Waals surface area contributed by atoms with Gasteiger partial charge in [0.05, 0.1) is 20.0 Å². The molecule has 0 bridgehead atoms. The Labute approximate surface area is 172 Å². The molecule has 0 N–H and O–H groups in total. The van der Waals surface area contributed by atoms with Gasteiger partial charge in [-0.2, -0.15) is 0 Å². The van der Waals surface area contributed by atoms with E-state index in [1.807, 2.05) is 31.2 Å². The number of aryl methyl sites for hydroxylation is 1. The van der Waals surface area contributed by atoms with Gasteiger partial charge in [-0.05, 0) is 36.8 Å². The molecule has 8 heteroatoms. The van der Waals surface area contributed by atoms with Crippen molar-refractivity contribution < 1.29 is 18.7 Å². The Morgan fingerprint density at radius 2 is 1.90 bits per heavy atom. The van der Waals surface area contributed by atoms with Crippen LogP contribution in [0.5, 0.6) is 5.75 Å². The molecule has 3 aromatic rings. The highest BCUT2D eigenvalue weighted by Gasteiger charge is 2.15. The van der Waals surface area contributed by atoms with Crippen LogP contribution in [-0.2, 0) is 24.0 Å². The van der Waals surface area contributed by atoms with Crippen molar-refractivity contribution in [1.82, 2.24) is 9.55 Å². The van der Waals surface area contributed by atoms with Crippen molar-refractivity contribution in [2.45, 2.75) is 24.3 Å². The van der Waals surface area contributed by atoms with E-state index >= 15 is 0 Å². The van der Waals surface area contributed by atoms with Crippen molar-refractivity contribution in [2.24, 2.45) is 7.05 Å². The minimum absolute atomic E-state index is 0.0782. The predicted octanol–water partition coefficient (Wildman–Crippen LogP) is 3.36. The largest absolute Gasteiger partial charge is 0.497 e. The summed E-state index contributed by atoms with van der Waals surface area (Å²) >= 11 is 1.37. The second kappa shape index (κ2) is 9.00. The van der Waals surface area contributed by atoms with Crippen molar-refractivity contribution in [1.29, 1.82) is 0 Å². The minimum atomic E-state index is -0.523. The number of carbonyl (C=O) groups excluding carboxylic acids is 1. The van der Waals surface area contributed by atoms with E-state index in [1.54, 1.807) is 30.9 Å². The molecule has 0 radical (unpaired) electrons. The molecule has 3 rings (SSSR count). The van der Waals surface area contributed by atoms with E-state index in [2.05, 4.69) is 9.72 Å². The third-order valence-corrected chi connectivity index (χ3v) is 5.53.